The third kappa shape index (κ3) is 29.9. The molecule has 0 bridgehead atoms. The highest BCUT2D eigenvalue weighted by atomic mass is 31.2. The predicted molar refractivity (Wildman–Crippen MR) is 185 cm³/mol. The van der Waals surface area contributed by atoms with Gasteiger partial charge in [0, 0.05) is 6.42 Å². The van der Waals surface area contributed by atoms with Gasteiger partial charge in [0.2, 0.25) is 5.91 Å². The van der Waals surface area contributed by atoms with E-state index in [1.807, 2.05) is 27.2 Å². The number of carbonyl (C=O) groups is 1. The van der Waals surface area contributed by atoms with Crippen molar-refractivity contribution in [1.82, 2.24) is 5.32 Å². The molecule has 44 heavy (non-hydrogen) atoms. The van der Waals surface area contributed by atoms with E-state index in [0.717, 1.165) is 38.5 Å². The number of amides is 1. The first-order valence-electron chi connectivity index (χ1n) is 18.1. The fourth-order valence-electron chi connectivity index (χ4n) is 5.04. The lowest BCUT2D eigenvalue weighted by Crippen LogP contribution is -2.45. The van der Waals surface area contributed by atoms with Gasteiger partial charge in [-0.05, 0) is 19.3 Å². The van der Waals surface area contributed by atoms with Gasteiger partial charge in [-0.2, -0.15) is 0 Å². The number of aliphatic hydroxyl groups is 1. The van der Waals surface area contributed by atoms with E-state index in [1.165, 1.54) is 96.3 Å². The Morgan fingerprint density at radius 3 is 1.68 bits per heavy atom. The smallest absolute Gasteiger partial charge is 0.387 e. The molecule has 0 spiro atoms. The van der Waals surface area contributed by atoms with Gasteiger partial charge in [0.25, 0.3) is 0 Å². The molecule has 0 fully saturated rings. The summed E-state index contributed by atoms with van der Waals surface area (Å²) in [6.45, 7) is 4.77. The number of nitrogens with zero attached hydrogens (tertiary/aromatic N) is 1. The molecule has 8 nitrogen and oxygen atoms in total. The van der Waals surface area contributed by atoms with Gasteiger partial charge in [-0.1, -0.05) is 142 Å². The molecule has 3 atom stereocenters. The van der Waals surface area contributed by atoms with Crippen LogP contribution in [0.4, 0.5) is 0 Å². The lowest BCUT2D eigenvalue weighted by molar-refractivity contribution is -0.870. The Bertz CT molecular complexity index is 743. The molecule has 0 aliphatic heterocycles. The Labute approximate surface area is 272 Å². The first-order chi connectivity index (χ1) is 21.0. The number of carbonyl (C=O) groups excluding carboxylic acids is 1. The standard InChI is InChI=1S/C35H71N2O6P/c1-6-8-10-12-14-16-18-20-22-24-26-28-34(38)33(32-43-44(40,41)42-31-30-37(3,4)5)36-35(39)29-27-25-23-21-19-17-15-13-11-9-7-2/h26,28,33-34,38H,6-25,27,29-32H2,1-5H3,(H-,36,39,40,41)/p+1/b28-26+. The summed E-state index contributed by atoms with van der Waals surface area (Å²) in [4.78, 5) is 22.9. The van der Waals surface area contributed by atoms with Crippen molar-refractivity contribution >= 4 is 13.7 Å². The highest BCUT2D eigenvalue weighted by Gasteiger charge is 2.27. The molecule has 0 heterocycles. The quantitative estimate of drug-likeness (QED) is 0.0292. The Kier molecular flexibility index (Phi) is 28.0. The predicted octanol–water partition coefficient (Wildman–Crippen LogP) is 8.85. The topological polar surface area (TPSA) is 105 Å². The fourth-order valence-corrected chi connectivity index (χ4v) is 5.77. The van der Waals surface area contributed by atoms with Crippen LogP contribution in [-0.4, -0.2) is 73.4 Å². The van der Waals surface area contributed by atoms with Gasteiger partial charge in [-0.3, -0.25) is 13.8 Å². The molecule has 9 heteroatoms. The maximum absolute atomic E-state index is 12.7. The second kappa shape index (κ2) is 28.5. The number of allylic oxidation sites excluding steroid dienone is 1. The maximum atomic E-state index is 12.7. The second-order valence-corrected chi connectivity index (χ2v) is 15.1. The van der Waals surface area contributed by atoms with E-state index in [-0.39, 0.29) is 19.1 Å². The van der Waals surface area contributed by atoms with Crippen molar-refractivity contribution in [3.63, 3.8) is 0 Å². The van der Waals surface area contributed by atoms with Crippen LogP contribution >= 0.6 is 7.82 Å². The van der Waals surface area contributed by atoms with E-state index in [4.69, 9.17) is 9.05 Å². The number of rotatable bonds is 32. The molecule has 0 aliphatic carbocycles. The molecule has 3 N–H and O–H groups in total. The molecule has 0 aromatic rings. The van der Waals surface area contributed by atoms with E-state index in [2.05, 4.69) is 19.2 Å². The van der Waals surface area contributed by atoms with Gasteiger partial charge in [0.1, 0.15) is 13.2 Å². The van der Waals surface area contributed by atoms with Crippen molar-refractivity contribution in [3.05, 3.63) is 12.2 Å². The van der Waals surface area contributed by atoms with E-state index in [9.17, 15) is 19.4 Å². The molecule has 3 unspecified atom stereocenters. The summed E-state index contributed by atoms with van der Waals surface area (Å²) < 4.78 is 23.4. The number of nitrogens with one attached hydrogen (secondary N) is 1. The van der Waals surface area contributed by atoms with Crippen LogP contribution in [0, 0.1) is 0 Å². The molecule has 0 saturated carbocycles. The molecule has 262 valence electrons. The number of hydrogen-bond donors (Lipinski definition) is 3. The minimum absolute atomic E-state index is 0.0638. The van der Waals surface area contributed by atoms with Gasteiger partial charge in [0.15, 0.2) is 0 Å². The van der Waals surface area contributed by atoms with Gasteiger partial charge < -0.3 is 19.8 Å². The lowest BCUT2D eigenvalue weighted by Gasteiger charge is -2.25. The van der Waals surface area contributed by atoms with Crippen LogP contribution in [0.2, 0.25) is 0 Å². The zero-order valence-corrected chi connectivity index (χ0v) is 30.3. The van der Waals surface area contributed by atoms with E-state index < -0.39 is 20.0 Å². The third-order valence-electron chi connectivity index (χ3n) is 8.01. The summed E-state index contributed by atoms with van der Waals surface area (Å²) in [6.07, 6.45) is 28.4. The summed E-state index contributed by atoms with van der Waals surface area (Å²) in [7, 11) is 1.57. The van der Waals surface area contributed by atoms with Gasteiger partial charge >= 0.3 is 7.82 Å². The minimum Gasteiger partial charge on any atom is -0.387 e. The van der Waals surface area contributed by atoms with Crippen LogP contribution < -0.4 is 5.32 Å². The van der Waals surface area contributed by atoms with Crippen LogP contribution in [0.15, 0.2) is 12.2 Å². The molecule has 0 rings (SSSR count). The van der Waals surface area contributed by atoms with Crippen LogP contribution in [0.1, 0.15) is 155 Å². The molecule has 1 amide bonds. The molecular weight excluding hydrogens is 575 g/mol. The molecule has 0 aromatic carbocycles. The fraction of sp³-hybridized carbons (Fsp3) is 0.914. The Balaban J connectivity index is 4.58. The Morgan fingerprint density at radius 1 is 0.750 bits per heavy atom. The molecule has 0 saturated heterocycles. The van der Waals surface area contributed by atoms with Crippen molar-refractivity contribution in [2.75, 3.05) is 40.9 Å². The van der Waals surface area contributed by atoms with Crippen molar-refractivity contribution in [2.45, 2.75) is 167 Å². The Morgan fingerprint density at radius 2 is 1.20 bits per heavy atom. The van der Waals surface area contributed by atoms with E-state index in [0.29, 0.717) is 17.4 Å². The van der Waals surface area contributed by atoms with Crippen LogP contribution in [-0.2, 0) is 18.4 Å². The van der Waals surface area contributed by atoms with Crippen molar-refractivity contribution in [2.24, 2.45) is 0 Å². The maximum Gasteiger partial charge on any atom is 0.472 e. The number of phosphoric ester groups is 1. The largest absolute Gasteiger partial charge is 0.472 e. The average Bonchev–Trinajstić information content (AvgIpc) is 2.95. The van der Waals surface area contributed by atoms with E-state index >= 15 is 0 Å². The van der Waals surface area contributed by atoms with Crippen molar-refractivity contribution in [1.29, 1.82) is 0 Å². The molecular formula is C35H72N2O6P+. The summed E-state index contributed by atoms with van der Waals surface area (Å²) in [5.74, 6) is -0.181. The second-order valence-electron chi connectivity index (χ2n) is 13.6. The van der Waals surface area contributed by atoms with Crippen LogP contribution in [0.25, 0.3) is 0 Å². The highest BCUT2D eigenvalue weighted by Crippen LogP contribution is 2.43. The lowest BCUT2D eigenvalue weighted by atomic mass is 10.0. The SMILES string of the molecule is CCCCCCCCCCC/C=C/C(O)C(COP(=O)(O)OCC[N+](C)(C)C)NC(=O)CCCCCCCCCCCCC. The number of aliphatic hydroxyl groups excluding tert-OH is 1. The number of likely N-dealkylation sites (N-methyl/N-ethyl adjacent to an activating group) is 1. The van der Waals surface area contributed by atoms with Gasteiger partial charge in [0.05, 0.1) is 39.9 Å². The highest BCUT2D eigenvalue weighted by molar-refractivity contribution is 7.47. The summed E-state index contributed by atoms with van der Waals surface area (Å²) in [6, 6.07) is -0.836. The number of phosphoric acid groups is 1. The zero-order chi connectivity index (χ0) is 32.9. The molecule has 0 aliphatic rings. The number of quaternary nitrogens is 1. The van der Waals surface area contributed by atoms with Gasteiger partial charge in [-0.25, -0.2) is 4.57 Å². The molecule has 0 aromatic heterocycles. The summed E-state index contributed by atoms with van der Waals surface area (Å²) >= 11 is 0. The zero-order valence-electron chi connectivity index (χ0n) is 29.4. The minimum atomic E-state index is -4.32. The van der Waals surface area contributed by atoms with Crippen LogP contribution in [0.3, 0.4) is 0 Å². The normalized spacial score (nSPS) is 15.0. The van der Waals surface area contributed by atoms with Crippen molar-refractivity contribution in [3.8, 4) is 0 Å². The van der Waals surface area contributed by atoms with Gasteiger partial charge in [-0.15, -0.1) is 0 Å². The summed E-state index contributed by atoms with van der Waals surface area (Å²) in [5, 5.41) is 13.7. The number of hydrogen-bond acceptors (Lipinski definition) is 5. The summed E-state index contributed by atoms with van der Waals surface area (Å²) in [5.41, 5.74) is 0. The first-order valence-corrected chi connectivity index (χ1v) is 19.6. The van der Waals surface area contributed by atoms with E-state index in [1.54, 1.807) is 6.08 Å². The first kappa shape index (κ1) is 43.2. The monoisotopic (exact) mass is 648 g/mol. The number of unbranched alkanes of at least 4 members (excludes halogenated alkanes) is 19. The van der Waals surface area contributed by atoms with Crippen LogP contribution in [0.5, 0.6) is 0 Å². The Hall–Kier alpha value is -0.760. The third-order valence-corrected chi connectivity index (χ3v) is 8.99. The molecule has 0 radical (unpaired) electrons. The average molecular weight is 648 g/mol. The van der Waals surface area contributed by atoms with Crippen molar-refractivity contribution < 1.29 is 32.9 Å².